The van der Waals surface area contributed by atoms with Gasteiger partial charge in [-0.05, 0) is 48.7 Å². The maximum Gasteiger partial charge on any atom is 0.125 e. The molecular weight excluding hydrogens is 330 g/mol. The van der Waals surface area contributed by atoms with E-state index in [-0.39, 0.29) is 0 Å². The number of aryl methyl sites for hydroxylation is 2. The first-order valence-corrected chi connectivity index (χ1v) is 7.71. The van der Waals surface area contributed by atoms with E-state index in [1.54, 1.807) is 0 Å². The number of halogens is 1. The van der Waals surface area contributed by atoms with Crippen molar-refractivity contribution in [3.8, 4) is 11.5 Å². The summed E-state index contributed by atoms with van der Waals surface area (Å²) in [6, 6.07) is 11.9. The maximum absolute atomic E-state index is 5.84. The Morgan fingerprint density at radius 2 is 1.67 bits per heavy atom. The van der Waals surface area contributed by atoms with Gasteiger partial charge in [0.15, 0.2) is 0 Å². The van der Waals surface area contributed by atoms with E-state index in [2.05, 4.69) is 28.1 Å². The molecule has 0 aliphatic rings. The summed E-state index contributed by atoms with van der Waals surface area (Å²) in [5, 5.41) is 0. The van der Waals surface area contributed by atoms with Crippen LogP contribution in [0.1, 0.15) is 16.7 Å². The Kier molecular flexibility index (Phi) is 5.65. The van der Waals surface area contributed by atoms with E-state index in [4.69, 9.17) is 15.2 Å². The molecule has 0 amide bonds. The highest BCUT2D eigenvalue weighted by Crippen LogP contribution is 2.24. The van der Waals surface area contributed by atoms with Crippen LogP contribution in [0.4, 0.5) is 0 Å². The molecule has 0 bridgehead atoms. The topological polar surface area (TPSA) is 44.5 Å². The van der Waals surface area contributed by atoms with Gasteiger partial charge in [-0.1, -0.05) is 34.1 Å². The molecule has 0 fully saturated rings. The first-order valence-electron chi connectivity index (χ1n) is 6.91. The maximum atomic E-state index is 5.84. The lowest BCUT2D eigenvalue weighted by Gasteiger charge is -2.14. The largest absolute Gasteiger partial charge is 0.490 e. The molecule has 0 aliphatic carbocycles. The SMILES string of the molecule is Cc1cc(CN)cc(C)c1OCCOc1cccc(Br)c1. The molecule has 2 N–H and O–H groups in total. The van der Waals surface area contributed by atoms with Crippen LogP contribution in [0, 0.1) is 13.8 Å². The molecule has 0 heterocycles. The molecule has 3 nitrogen and oxygen atoms in total. The number of benzene rings is 2. The molecule has 0 aliphatic heterocycles. The van der Waals surface area contributed by atoms with E-state index in [1.165, 1.54) is 0 Å². The number of ether oxygens (including phenoxy) is 2. The van der Waals surface area contributed by atoms with Crippen molar-refractivity contribution in [3.63, 3.8) is 0 Å². The van der Waals surface area contributed by atoms with E-state index in [0.717, 1.165) is 32.7 Å². The normalized spacial score (nSPS) is 10.5. The molecule has 112 valence electrons. The standard InChI is InChI=1S/C17H20BrNO2/c1-12-8-14(11-19)9-13(2)17(12)21-7-6-20-16-5-3-4-15(18)10-16/h3-5,8-10H,6-7,11,19H2,1-2H3. The van der Waals surface area contributed by atoms with Gasteiger partial charge < -0.3 is 15.2 Å². The fourth-order valence-electron chi connectivity index (χ4n) is 2.25. The molecule has 0 aromatic heterocycles. The van der Waals surface area contributed by atoms with Crippen LogP contribution >= 0.6 is 15.9 Å². The van der Waals surface area contributed by atoms with Gasteiger partial charge in [0.1, 0.15) is 24.7 Å². The lowest BCUT2D eigenvalue weighted by molar-refractivity contribution is 0.215. The average Bonchev–Trinajstić information content (AvgIpc) is 2.45. The van der Waals surface area contributed by atoms with Gasteiger partial charge in [-0.15, -0.1) is 0 Å². The van der Waals surface area contributed by atoms with Crippen molar-refractivity contribution in [2.45, 2.75) is 20.4 Å². The minimum atomic E-state index is 0.508. The van der Waals surface area contributed by atoms with Crippen LogP contribution in [0.2, 0.25) is 0 Å². The zero-order chi connectivity index (χ0) is 15.2. The fraction of sp³-hybridized carbons (Fsp3) is 0.294. The van der Waals surface area contributed by atoms with Gasteiger partial charge in [-0.2, -0.15) is 0 Å². The molecule has 0 saturated heterocycles. The molecule has 4 heteroatoms. The highest BCUT2D eigenvalue weighted by molar-refractivity contribution is 9.10. The quantitative estimate of drug-likeness (QED) is 0.802. The first kappa shape index (κ1) is 15.9. The molecule has 2 rings (SSSR count). The van der Waals surface area contributed by atoms with Crippen molar-refractivity contribution in [3.05, 3.63) is 57.6 Å². The van der Waals surface area contributed by atoms with Crippen molar-refractivity contribution in [1.29, 1.82) is 0 Å². The Balaban J connectivity index is 1.89. The Bertz CT molecular complexity index is 590. The van der Waals surface area contributed by atoms with Gasteiger partial charge in [0, 0.05) is 11.0 Å². The highest BCUT2D eigenvalue weighted by atomic mass is 79.9. The van der Waals surface area contributed by atoms with Crippen LogP contribution in [0.15, 0.2) is 40.9 Å². The summed E-state index contributed by atoms with van der Waals surface area (Å²) in [6.45, 7) is 5.64. The zero-order valence-corrected chi connectivity index (χ0v) is 13.9. The minimum absolute atomic E-state index is 0.508. The van der Waals surface area contributed by atoms with Gasteiger partial charge in [-0.25, -0.2) is 0 Å². The van der Waals surface area contributed by atoms with Crippen molar-refractivity contribution < 1.29 is 9.47 Å². The van der Waals surface area contributed by atoms with Gasteiger partial charge >= 0.3 is 0 Å². The molecule has 0 saturated carbocycles. The Morgan fingerprint density at radius 1 is 1.00 bits per heavy atom. The molecule has 2 aromatic rings. The average molecular weight is 350 g/mol. The second-order valence-electron chi connectivity index (χ2n) is 4.92. The third-order valence-corrected chi connectivity index (χ3v) is 3.64. The van der Waals surface area contributed by atoms with Crippen molar-refractivity contribution in [2.75, 3.05) is 13.2 Å². The summed E-state index contributed by atoms with van der Waals surface area (Å²) in [4.78, 5) is 0. The molecular formula is C17H20BrNO2. The van der Waals surface area contributed by atoms with Crippen LogP contribution in [0.3, 0.4) is 0 Å². The first-order chi connectivity index (χ1) is 10.1. The second-order valence-corrected chi connectivity index (χ2v) is 5.83. The Morgan fingerprint density at radius 3 is 2.29 bits per heavy atom. The lowest BCUT2D eigenvalue weighted by atomic mass is 10.1. The van der Waals surface area contributed by atoms with E-state index in [9.17, 15) is 0 Å². The summed E-state index contributed by atoms with van der Waals surface area (Å²) >= 11 is 3.42. The second kappa shape index (κ2) is 7.48. The Labute approximate surface area is 134 Å². The van der Waals surface area contributed by atoms with Crippen LogP contribution in [0.25, 0.3) is 0 Å². The van der Waals surface area contributed by atoms with Gasteiger partial charge in [0.2, 0.25) is 0 Å². The summed E-state index contributed by atoms with van der Waals surface area (Å²) in [7, 11) is 0. The Hall–Kier alpha value is -1.52. The van der Waals surface area contributed by atoms with Crippen molar-refractivity contribution >= 4 is 15.9 Å². The molecule has 21 heavy (non-hydrogen) atoms. The van der Waals surface area contributed by atoms with Gasteiger partial charge in [0.05, 0.1) is 0 Å². The summed E-state index contributed by atoms with van der Waals surface area (Å²) < 4.78 is 12.5. The summed E-state index contributed by atoms with van der Waals surface area (Å²) in [6.07, 6.45) is 0. The van der Waals surface area contributed by atoms with E-state index in [1.807, 2.05) is 38.1 Å². The van der Waals surface area contributed by atoms with Crippen LogP contribution in [-0.4, -0.2) is 13.2 Å². The zero-order valence-electron chi connectivity index (χ0n) is 12.4. The van der Waals surface area contributed by atoms with Crippen LogP contribution < -0.4 is 15.2 Å². The van der Waals surface area contributed by atoms with Gasteiger partial charge in [0.25, 0.3) is 0 Å². The van der Waals surface area contributed by atoms with E-state index >= 15 is 0 Å². The van der Waals surface area contributed by atoms with Crippen LogP contribution in [0.5, 0.6) is 11.5 Å². The van der Waals surface area contributed by atoms with Gasteiger partial charge in [-0.3, -0.25) is 0 Å². The summed E-state index contributed by atoms with van der Waals surface area (Å²) in [5.74, 6) is 1.75. The van der Waals surface area contributed by atoms with Crippen LogP contribution in [-0.2, 0) is 6.54 Å². The lowest BCUT2D eigenvalue weighted by Crippen LogP contribution is -2.10. The third-order valence-electron chi connectivity index (χ3n) is 3.15. The molecule has 0 radical (unpaired) electrons. The molecule has 2 aromatic carbocycles. The number of hydrogen-bond donors (Lipinski definition) is 1. The minimum Gasteiger partial charge on any atom is -0.490 e. The predicted octanol–water partition coefficient (Wildman–Crippen LogP) is 3.98. The summed E-state index contributed by atoms with van der Waals surface area (Å²) in [5.41, 5.74) is 9.02. The van der Waals surface area contributed by atoms with Crippen molar-refractivity contribution in [1.82, 2.24) is 0 Å². The number of rotatable bonds is 6. The van der Waals surface area contributed by atoms with Crippen molar-refractivity contribution in [2.24, 2.45) is 5.73 Å². The monoisotopic (exact) mass is 349 g/mol. The molecule has 0 unspecified atom stereocenters. The smallest absolute Gasteiger partial charge is 0.125 e. The van der Waals surface area contributed by atoms with E-state index in [0.29, 0.717) is 19.8 Å². The molecule has 0 atom stereocenters. The number of hydrogen-bond acceptors (Lipinski definition) is 3. The molecule has 0 spiro atoms. The fourth-order valence-corrected chi connectivity index (χ4v) is 2.62. The predicted molar refractivity (Wildman–Crippen MR) is 88.9 cm³/mol. The third kappa shape index (κ3) is 4.48. The number of nitrogens with two attached hydrogens (primary N) is 1. The van der Waals surface area contributed by atoms with E-state index < -0.39 is 0 Å². The highest BCUT2D eigenvalue weighted by Gasteiger charge is 2.06.